The largest absolute Gasteiger partial charge is 0.506 e. The maximum absolute atomic E-state index is 12.6. The highest BCUT2D eigenvalue weighted by Crippen LogP contribution is 2.36. The van der Waals surface area contributed by atoms with Crippen LogP contribution in [-0.4, -0.2) is 57.3 Å². The maximum Gasteiger partial charge on any atom is 0.351 e. The van der Waals surface area contributed by atoms with E-state index in [1.807, 2.05) is 0 Å². The minimum Gasteiger partial charge on any atom is -0.506 e. The Hall–Kier alpha value is -2.64. The Morgan fingerprint density at radius 1 is 1.26 bits per heavy atom. The van der Waals surface area contributed by atoms with Gasteiger partial charge < -0.3 is 29.4 Å². The summed E-state index contributed by atoms with van der Waals surface area (Å²) in [5.41, 5.74) is -0.405. The van der Waals surface area contributed by atoms with Crippen molar-refractivity contribution in [3.05, 3.63) is 39.4 Å². The van der Waals surface area contributed by atoms with Gasteiger partial charge in [-0.25, -0.2) is 4.79 Å². The van der Waals surface area contributed by atoms with Crippen molar-refractivity contribution in [1.82, 2.24) is 9.55 Å². The summed E-state index contributed by atoms with van der Waals surface area (Å²) in [4.78, 5) is 39.0. The predicted octanol–water partition coefficient (Wildman–Crippen LogP) is 3.09. The third kappa shape index (κ3) is 8.29. The third-order valence-corrected chi connectivity index (χ3v) is 5.19. The molecule has 0 aliphatic carbocycles. The van der Waals surface area contributed by atoms with Crippen LogP contribution in [0, 0.1) is 0 Å². The molecule has 0 saturated heterocycles. The van der Waals surface area contributed by atoms with Gasteiger partial charge in [0.2, 0.25) is 0 Å². The monoisotopic (exact) mass is 605 g/mol. The molecule has 2 atom stereocenters. The average molecular weight is 607 g/mol. The van der Waals surface area contributed by atoms with Gasteiger partial charge in [0.05, 0.1) is 11.1 Å². The van der Waals surface area contributed by atoms with Crippen LogP contribution in [0.15, 0.2) is 33.7 Å². The Balaban J connectivity index is 2.20. The number of esters is 2. The van der Waals surface area contributed by atoms with Gasteiger partial charge in [0.25, 0.3) is 0 Å². The van der Waals surface area contributed by atoms with Gasteiger partial charge in [0, 0.05) is 25.4 Å². The lowest BCUT2D eigenvalue weighted by atomic mass is 10.2. The molecule has 0 radical (unpaired) electrons. The number of carbonyl (C=O) groups excluding carboxylic acids is 2. The fraction of sp³-hybridized carbons (Fsp3) is 0.429. The van der Waals surface area contributed by atoms with Crippen molar-refractivity contribution < 1.29 is 33.6 Å². The summed E-state index contributed by atoms with van der Waals surface area (Å²) in [6.07, 6.45) is -0.105. The molecule has 13 heteroatoms. The number of anilines is 2. The van der Waals surface area contributed by atoms with Crippen LogP contribution in [0.25, 0.3) is 0 Å². The number of carbonyl (C=O) groups is 2. The number of phenols is 1. The molecule has 0 fully saturated rings. The van der Waals surface area contributed by atoms with Crippen LogP contribution in [0.4, 0.5) is 11.5 Å². The van der Waals surface area contributed by atoms with Crippen molar-refractivity contribution in [2.45, 2.75) is 39.7 Å². The molecule has 2 rings (SSSR count). The Labute approximate surface area is 212 Å². The van der Waals surface area contributed by atoms with Crippen molar-refractivity contribution in [2.24, 2.45) is 0 Å². The van der Waals surface area contributed by atoms with E-state index in [2.05, 4.69) is 42.2 Å². The van der Waals surface area contributed by atoms with Crippen molar-refractivity contribution in [3.63, 3.8) is 0 Å². The number of nitrogens with one attached hydrogen (secondary N) is 1. The molecule has 0 aliphatic rings. The number of hydrogen-bond acceptors (Lipinski definition) is 10. The second-order valence-corrected chi connectivity index (χ2v) is 8.60. The molecule has 0 saturated carbocycles. The first-order valence-corrected chi connectivity index (χ1v) is 12.0. The van der Waals surface area contributed by atoms with Crippen molar-refractivity contribution in [3.8, 4) is 11.5 Å². The summed E-state index contributed by atoms with van der Waals surface area (Å²) in [7, 11) is 0. The lowest BCUT2D eigenvalue weighted by Crippen LogP contribution is -2.37. The minimum atomic E-state index is -0.813. The van der Waals surface area contributed by atoms with Gasteiger partial charge in [-0.15, -0.1) is 0 Å². The van der Waals surface area contributed by atoms with Crippen LogP contribution in [0.5, 0.6) is 11.5 Å². The number of phenolic OH excluding ortho intramolecular Hbond substituents is 1. The molecule has 34 heavy (non-hydrogen) atoms. The summed E-state index contributed by atoms with van der Waals surface area (Å²) >= 11 is 6.63. The lowest BCUT2D eigenvalue weighted by Gasteiger charge is -2.24. The Morgan fingerprint density at radius 2 is 2.00 bits per heavy atom. The number of rotatable bonds is 12. The first-order chi connectivity index (χ1) is 16.1. The summed E-state index contributed by atoms with van der Waals surface area (Å²) in [6, 6.07) is 4.77. The van der Waals surface area contributed by atoms with Gasteiger partial charge in [0.15, 0.2) is 5.82 Å². The number of alkyl halides is 1. The average Bonchev–Trinajstić information content (AvgIpc) is 2.76. The van der Waals surface area contributed by atoms with E-state index >= 15 is 0 Å². The summed E-state index contributed by atoms with van der Waals surface area (Å²) in [6.45, 7) is 4.02. The number of aromatic hydroxyl groups is 1. The minimum absolute atomic E-state index is 0.0824. The first kappa shape index (κ1) is 27.6. The van der Waals surface area contributed by atoms with Gasteiger partial charge >= 0.3 is 17.6 Å². The molecular weight excluding hydrogens is 582 g/mol. The fourth-order valence-corrected chi connectivity index (χ4v) is 3.31. The number of halogens is 2. The van der Waals surface area contributed by atoms with E-state index in [1.54, 1.807) is 19.1 Å². The molecule has 11 nitrogen and oxygen atoms in total. The first-order valence-electron chi connectivity index (χ1n) is 10.1. The molecule has 1 aromatic heterocycles. The number of para-hydroxylation sites is 1. The Morgan fingerprint density at radius 3 is 2.65 bits per heavy atom. The van der Waals surface area contributed by atoms with Crippen LogP contribution in [-0.2, 0) is 30.5 Å². The van der Waals surface area contributed by atoms with Crippen LogP contribution in [0.2, 0.25) is 0 Å². The van der Waals surface area contributed by atoms with Gasteiger partial charge in [0.1, 0.15) is 42.7 Å². The fourth-order valence-electron chi connectivity index (χ4n) is 2.71. The van der Waals surface area contributed by atoms with E-state index in [-0.39, 0.29) is 30.6 Å². The molecule has 0 amide bonds. The molecule has 1 aromatic carbocycles. The van der Waals surface area contributed by atoms with Crippen LogP contribution < -0.4 is 15.7 Å². The quantitative estimate of drug-likeness (QED) is 0.210. The molecule has 186 valence electrons. The van der Waals surface area contributed by atoms with Crippen molar-refractivity contribution in [1.29, 1.82) is 0 Å². The van der Waals surface area contributed by atoms with E-state index in [0.29, 0.717) is 22.2 Å². The molecule has 2 aromatic rings. The van der Waals surface area contributed by atoms with Crippen molar-refractivity contribution >= 4 is 55.3 Å². The molecule has 1 heterocycles. The van der Waals surface area contributed by atoms with Crippen LogP contribution in [0.3, 0.4) is 0 Å². The number of nitrogens with zero attached hydrogens (tertiary/aromatic N) is 2. The van der Waals surface area contributed by atoms with Gasteiger partial charge in [-0.1, -0.05) is 22.0 Å². The summed E-state index contributed by atoms with van der Waals surface area (Å²) < 4.78 is 22.9. The van der Waals surface area contributed by atoms with Gasteiger partial charge in [-0.3, -0.25) is 14.2 Å². The van der Waals surface area contributed by atoms with Crippen LogP contribution >= 0.6 is 31.9 Å². The second kappa shape index (κ2) is 13.3. The second-order valence-electron chi connectivity index (χ2n) is 6.95. The summed E-state index contributed by atoms with van der Waals surface area (Å²) in [5, 5.41) is 13.7. The zero-order valence-corrected chi connectivity index (χ0v) is 21.9. The van der Waals surface area contributed by atoms with E-state index in [0.717, 1.165) is 0 Å². The van der Waals surface area contributed by atoms with Gasteiger partial charge in [-0.05, 0) is 35.0 Å². The highest BCUT2D eigenvalue weighted by atomic mass is 79.9. The standard InChI is InChI=1S/C21H25Br2N3O8/c1-12(34-14(3)28)18(10-32-13(2)27)33-11-26-9-15(23)20(25-21(26)30)24-19-16(29)5-4-6-17(19)31-8-7-22/h4-6,9,12,18,29H,7-8,10-11H2,1-3H3,(H,24,25,30)/t12?,18-/m1/s1. The highest BCUT2D eigenvalue weighted by molar-refractivity contribution is 9.10. The normalized spacial score (nSPS) is 12.5. The Kier molecular flexibility index (Phi) is 10.8. The van der Waals surface area contributed by atoms with Gasteiger partial charge in [-0.2, -0.15) is 4.98 Å². The number of benzene rings is 1. The number of ether oxygens (including phenoxy) is 4. The third-order valence-electron chi connectivity index (χ3n) is 4.28. The van der Waals surface area contributed by atoms with E-state index in [4.69, 9.17) is 18.9 Å². The number of aromatic nitrogens is 2. The number of hydrogen-bond donors (Lipinski definition) is 2. The molecular formula is C21H25Br2N3O8. The molecule has 0 spiro atoms. The predicted molar refractivity (Wildman–Crippen MR) is 130 cm³/mol. The molecule has 0 bridgehead atoms. The van der Waals surface area contributed by atoms with Crippen molar-refractivity contribution in [2.75, 3.05) is 23.9 Å². The van der Waals surface area contributed by atoms with E-state index in [1.165, 1.54) is 30.7 Å². The molecule has 1 unspecified atom stereocenters. The topological polar surface area (TPSA) is 138 Å². The van der Waals surface area contributed by atoms with E-state index in [9.17, 15) is 19.5 Å². The highest BCUT2D eigenvalue weighted by Gasteiger charge is 2.23. The SMILES string of the molecule is CC(=O)OC[C@@H](OCn1cc(Br)c(Nc2c(O)cccc2OCCBr)nc1=O)C(C)OC(C)=O. The lowest BCUT2D eigenvalue weighted by molar-refractivity contribution is -0.164. The zero-order valence-electron chi connectivity index (χ0n) is 18.7. The smallest absolute Gasteiger partial charge is 0.351 e. The molecule has 2 N–H and O–H groups in total. The molecule has 0 aliphatic heterocycles. The Bertz CT molecular complexity index is 1060. The zero-order chi connectivity index (χ0) is 25.3. The maximum atomic E-state index is 12.6. The summed E-state index contributed by atoms with van der Waals surface area (Å²) in [5.74, 6) is -0.598. The van der Waals surface area contributed by atoms with E-state index < -0.39 is 29.8 Å². The van der Waals surface area contributed by atoms with Crippen LogP contribution in [0.1, 0.15) is 20.8 Å².